The highest BCUT2D eigenvalue weighted by Crippen LogP contribution is 2.08. The smallest absolute Gasteiger partial charge is 0.326 e. The van der Waals surface area contributed by atoms with Crippen LogP contribution in [0.1, 0.15) is 40.0 Å². The van der Waals surface area contributed by atoms with Crippen LogP contribution in [0.5, 0.6) is 0 Å². The molecule has 184 valence electrons. The maximum atomic E-state index is 12.8. The summed E-state index contributed by atoms with van der Waals surface area (Å²) in [5, 5.41) is 34.7. The van der Waals surface area contributed by atoms with Gasteiger partial charge in [-0.3, -0.25) is 19.2 Å². The van der Waals surface area contributed by atoms with Gasteiger partial charge in [0, 0.05) is 6.42 Å². The predicted octanol–water partition coefficient (Wildman–Crippen LogP) is -1.49. The number of nitrogens with one attached hydrogen (secondary N) is 3. The van der Waals surface area contributed by atoms with Gasteiger partial charge in [-0.15, -0.1) is 0 Å². The van der Waals surface area contributed by atoms with Crippen LogP contribution < -0.4 is 21.7 Å². The van der Waals surface area contributed by atoms with E-state index in [1.54, 1.807) is 20.1 Å². The lowest BCUT2D eigenvalue weighted by molar-refractivity contribution is -0.143. The third-order valence-corrected chi connectivity index (χ3v) is 5.22. The van der Waals surface area contributed by atoms with Crippen molar-refractivity contribution >= 4 is 41.4 Å². The van der Waals surface area contributed by atoms with E-state index in [2.05, 4.69) is 16.0 Å². The number of thioether (sulfide) groups is 1. The van der Waals surface area contributed by atoms with E-state index in [1.165, 1.54) is 18.7 Å². The molecule has 0 fully saturated rings. The molecule has 0 aliphatic heterocycles. The fourth-order valence-electron chi connectivity index (χ4n) is 2.57. The number of carbonyl (C=O) groups excluding carboxylic acids is 3. The molecule has 0 saturated heterocycles. The van der Waals surface area contributed by atoms with Gasteiger partial charge >= 0.3 is 11.9 Å². The van der Waals surface area contributed by atoms with Crippen molar-refractivity contribution in [3.8, 4) is 0 Å². The zero-order chi connectivity index (χ0) is 25.0. The van der Waals surface area contributed by atoms with Crippen molar-refractivity contribution < 1.29 is 39.3 Å². The highest BCUT2D eigenvalue weighted by molar-refractivity contribution is 7.98. The quantitative estimate of drug-likeness (QED) is 0.145. The van der Waals surface area contributed by atoms with Crippen LogP contribution in [0.3, 0.4) is 0 Å². The Balaban J connectivity index is 5.40. The van der Waals surface area contributed by atoms with E-state index in [4.69, 9.17) is 10.8 Å². The maximum Gasteiger partial charge on any atom is 0.326 e. The van der Waals surface area contributed by atoms with Crippen LogP contribution in [0.2, 0.25) is 0 Å². The van der Waals surface area contributed by atoms with E-state index >= 15 is 0 Å². The largest absolute Gasteiger partial charge is 0.481 e. The van der Waals surface area contributed by atoms with Crippen molar-refractivity contribution in [1.82, 2.24) is 16.0 Å². The number of hydrogen-bond acceptors (Lipinski definition) is 8. The minimum Gasteiger partial charge on any atom is -0.481 e. The Morgan fingerprint density at radius 1 is 0.875 bits per heavy atom. The molecule has 0 heterocycles. The Bertz CT molecular complexity index is 674. The number of rotatable bonds is 15. The molecule has 5 unspecified atom stereocenters. The molecule has 0 spiro atoms. The molecule has 8 N–H and O–H groups in total. The number of carboxylic acid groups (broad SMARTS) is 2. The number of aliphatic hydroxyl groups is 1. The van der Waals surface area contributed by atoms with Gasteiger partial charge < -0.3 is 37.0 Å². The lowest BCUT2D eigenvalue weighted by Crippen LogP contribution is -2.59. The zero-order valence-electron chi connectivity index (χ0n) is 18.7. The van der Waals surface area contributed by atoms with Gasteiger partial charge in [0.1, 0.15) is 24.2 Å². The number of aliphatic carboxylic acids is 2. The Morgan fingerprint density at radius 2 is 1.44 bits per heavy atom. The van der Waals surface area contributed by atoms with Crippen molar-refractivity contribution in [3.05, 3.63) is 0 Å². The van der Waals surface area contributed by atoms with Gasteiger partial charge in [0.2, 0.25) is 17.7 Å². The molecule has 13 heteroatoms. The van der Waals surface area contributed by atoms with Crippen molar-refractivity contribution in [2.24, 2.45) is 11.7 Å². The average molecular weight is 479 g/mol. The lowest BCUT2D eigenvalue weighted by atomic mass is 10.0. The molecule has 0 radical (unpaired) electrons. The summed E-state index contributed by atoms with van der Waals surface area (Å²) in [6, 6.07) is -4.84. The molecule has 12 nitrogen and oxygen atoms in total. The minimum atomic E-state index is -1.43. The van der Waals surface area contributed by atoms with Gasteiger partial charge in [-0.2, -0.15) is 11.8 Å². The van der Waals surface area contributed by atoms with Crippen LogP contribution in [0.25, 0.3) is 0 Å². The Labute approximate surface area is 191 Å². The first-order chi connectivity index (χ1) is 14.8. The molecule has 0 aliphatic rings. The summed E-state index contributed by atoms with van der Waals surface area (Å²) in [5.41, 5.74) is 5.60. The van der Waals surface area contributed by atoms with Crippen LogP contribution >= 0.6 is 11.8 Å². The minimum absolute atomic E-state index is 0.177. The molecule has 0 aromatic rings. The fraction of sp³-hybridized carbons (Fsp3) is 0.737. The fourth-order valence-corrected chi connectivity index (χ4v) is 3.04. The normalized spacial score (nSPS) is 15.7. The van der Waals surface area contributed by atoms with Crippen molar-refractivity contribution in [2.75, 3.05) is 12.0 Å². The first-order valence-corrected chi connectivity index (χ1v) is 11.5. The summed E-state index contributed by atoms with van der Waals surface area (Å²) in [5.74, 6) is -4.70. The average Bonchev–Trinajstić information content (AvgIpc) is 2.70. The third kappa shape index (κ3) is 10.8. The monoisotopic (exact) mass is 478 g/mol. The van der Waals surface area contributed by atoms with Gasteiger partial charge in [0.25, 0.3) is 0 Å². The van der Waals surface area contributed by atoms with E-state index in [9.17, 15) is 34.2 Å². The molecule has 5 atom stereocenters. The number of aliphatic hydroxyl groups excluding tert-OH is 1. The van der Waals surface area contributed by atoms with E-state index in [0.29, 0.717) is 5.75 Å². The summed E-state index contributed by atoms with van der Waals surface area (Å²) < 4.78 is 0. The SMILES string of the molecule is CSCCC(NC(=O)C(NC(=O)C(N)C(C)O)C(C)C)C(=O)NC(CCC(=O)O)C(=O)O. The molecular weight excluding hydrogens is 444 g/mol. The van der Waals surface area contributed by atoms with Gasteiger partial charge in [0.05, 0.1) is 6.10 Å². The van der Waals surface area contributed by atoms with Gasteiger partial charge in [-0.1, -0.05) is 13.8 Å². The summed E-state index contributed by atoms with van der Waals surface area (Å²) in [6.07, 6.45) is 0.0598. The predicted molar refractivity (Wildman–Crippen MR) is 118 cm³/mol. The summed E-state index contributed by atoms with van der Waals surface area (Å²) in [7, 11) is 0. The molecule has 0 aromatic carbocycles. The third-order valence-electron chi connectivity index (χ3n) is 4.57. The second kappa shape index (κ2) is 14.6. The summed E-state index contributed by atoms with van der Waals surface area (Å²) >= 11 is 1.41. The Morgan fingerprint density at radius 3 is 1.88 bits per heavy atom. The molecular formula is C19H34N4O8S. The van der Waals surface area contributed by atoms with E-state index < -0.39 is 66.4 Å². The first-order valence-electron chi connectivity index (χ1n) is 10.1. The highest BCUT2D eigenvalue weighted by Gasteiger charge is 2.32. The molecule has 0 saturated carbocycles. The van der Waals surface area contributed by atoms with Crippen molar-refractivity contribution in [2.45, 2.75) is 70.3 Å². The number of nitrogens with two attached hydrogens (primary N) is 1. The van der Waals surface area contributed by atoms with Gasteiger partial charge in [-0.25, -0.2) is 4.79 Å². The zero-order valence-corrected chi connectivity index (χ0v) is 19.5. The van der Waals surface area contributed by atoms with E-state index in [1.807, 2.05) is 0 Å². The van der Waals surface area contributed by atoms with Gasteiger partial charge in [0.15, 0.2) is 0 Å². The van der Waals surface area contributed by atoms with E-state index in [-0.39, 0.29) is 18.8 Å². The van der Waals surface area contributed by atoms with Crippen LogP contribution in [0.15, 0.2) is 0 Å². The van der Waals surface area contributed by atoms with Gasteiger partial charge in [-0.05, 0) is 37.7 Å². The molecule has 3 amide bonds. The standard InChI is InChI=1S/C19H34N4O8S/c1-9(2)15(23-17(28)14(20)10(3)24)18(29)21-11(7-8-32-4)16(27)22-12(19(30)31)5-6-13(25)26/h9-12,14-15,24H,5-8,20H2,1-4H3,(H,21,29)(H,22,27)(H,23,28)(H,25,26)(H,30,31). The highest BCUT2D eigenvalue weighted by atomic mass is 32.2. The second-order valence-corrected chi connectivity index (χ2v) is 8.66. The molecule has 0 aromatic heterocycles. The number of hydrogen-bond donors (Lipinski definition) is 7. The summed E-state index contributed by atoms with van der Waals surface area (Å²) in [4.78, 5) is 59.7. The van der Waals surface area contributed by atoms with Crippen LogP contribution in [-0.4, -0.2) is 87.3 Å². The van der Waals surface area contributed by atoms with E-state index in [0.717, 1.165) is 0 Å². The lowest BCUT2D eigenvalue weighted by Gasteiger charge is -2.27. The molecule has 0 aliphatic carbocycles. The molecule has 0 rings (SSSR count). The van der Waals surface area contributed by atoms with Crippen LogP contribution in [0.4, 0.5) is 0 Å². The number of carbonyl (C=O) groups is 5. The first kappa shape index (κ1) is 29.6. The molecule has 32 heavy (non-hydrogen) atoms. The number of carboxylic acids is 2. The van der Waals surface area contributed by atoms with Crippen molar-refractivity contribution in [1.29, 1.82) is 0 Å². The van der Waals surface area contributed by atoms with Crippen molar-refractivity contribution in [3.63, 3.8) is 0 Å². The molecule has 0 bridgehead atoms. The van der Waals surface area contributed by atoms with Crippen LogP contribution in [0, 0.1) is 5.92 Å². The number of amides is 3. The Kier molecular flexibility index (Phi) is 13.5. The maximum absolute atomic E-state index is 12.8. The summed E-state index contributed by atoms with van der Waals surface area (Å²) in [6.45, 7) is 4.67. The Hall–Kier alpha value is -2.38. The second-order valence-electron chi connectivity index (χ2n) is 7.67. The topological polar surface area (TPSA) is 208 Å². The van der Waals surface area contributed by atoms with Crippen LogP contribution in [-0.2, 0) is 24.0 Å².